The van der Waals surface area contributed by atoms with E-state index >= 15 is 0 Å². The van der Waals surface area contributed by atoms with Gasteiger partial charge in [0.15, 0.2) is 0 Å². The van der Waals surface area contributed by atoms with Gasteiger partial charge in [-0.05, 0) is 66.8 Å². The molecule has 1 aromatic heterocycles. The Labute approximate surface area is 178 Å². The zero-order chi connectivity index (χ0) is 20.7. The first-order valence-electron chi connectivity index (χ1n) is 10.5. The molecular formula is C29H25N. The first-order valence-corrected chi connectivity index (χ1v) is 10.5. The molecule has 0 bridgehead atoms. The molecule has 30 heavy (non-hydrogen) atoms. The van der Waals surface area contributed by atoms with Crippen LogP contribution >= 0.6 is 0 Å². The van der Waals surface area contributed by atoms with Crippen molar-refractivity contribution in [1.82, 2.24) is 4.57 Å². The molecule has 1 heterocycles. The third-order valence-electron chi connectivity index (χ3n) is 6.16. The molecule has 5 aromatic rings. The third kappa shape index (κ3) is 3.13. The Balaban J connectivity index is 1.47. The maximum absolute atomic E-state index is 2.36. The molecule has 0 atom stereocenters. The second-order valence-electron chi connectivity index (χ2n) is 8.05. The van der Waals surface area contributed by atoms with Crippen molar-refractivity contribution in [3.8, 4) is 27.9 Å². The van der Waals surface area contributed by atoms with Gasteiger partial charge in [0.05, 0.1) is 5.52 Å². The van der Waals surface area contributed by atoms with Gasteiger partial charge in [0.1, 0.15) is 0 Å². The van der Waals surface area contributed by atoms with Gasteiger partial charge < -0.3 is 4.57 Å². The molecule has 0 radical (unpaired) electrons. The average molecular weight is 388 g/mol. The highest BCUT2D eigenvalue weighted by Crippen LogP contribution is 2.30. The molecule has 0 unspecified atom stereocenters. The largest absolute Gasteiger partial charge is 0.314 e. The standard InChI is InChI=1S/C29H25N/c1-20-8-10-23(11-9-20)24-12-14-25(15-13-24)26-16-18-27(19-17-26)30-22(3)21(2)28-6-4-5-7-29(28)30/h4-19H,1-3H3. The number of fused-ring (bicyclic) bond motifs is 1. The highest BCUT2D eigenvalue weighted by atomic mass is 15.0. The molecule has 0 amide bonds. The second-order valence-corrected chi connectivity index (χ2v) is 8.05. The van der Waals surface area contributed by atoms with Crippen LogP contribution in [0.25, 0.3) is 38.8 Å². The average Bonchev–Trinajstić information content (AvgIpc) is 3.05. The van der Waals surface area contributed by atoms with Crippen molar-refractivity contribution >= 4 is 10.9 Å². The topological polar surface area (TPSA) is 4.93 Å². The summed E-state index contributed by atoms with van der Waals surface area (Å²) >= 11 is 0. The van der Waals surface area contributed by atoms with Crippen molar-refractivity contribution in [1.29, 1.82) is 0 Å². The molecule has 0 aliphatic rings. The Morgan fingerprint density at radius 2 is 0.967 bits per heavy atom. The minimum atomic E-state index is 1.21. The molecule has 5 rings (SSSR count). The number of hydrogen-bond donors (Lipinski definition) is 0. The SMILES string of the molecule is Cc1ccc(-c2ccc(-c3ccc(-n4c(C)c(C)c5ccccc54)cc3)cc2)cc1. The number of rotatable bonds is 3. The zero-order valence-corrected chi connectivity index (χ0v) is 17.7. The van der Waals surface area contributed by atoms with Crippen LogP contribution in [0.1, 0.15) is 16.8 Å². The molecular weight excluding hydrogens is 362 g/mol. The van der Waals surface area contributed by atoms with E-state index in [1.807, 2.05) is 0 Å². The summed E-state index contributed by atoms with van der Waals surface area (Å²) in [5.41, 5.74) is 11.4. The highest BCUT2D eigenvalue weighted by Gasteiger charge is 2.11. The lowest BCUT2D eigenvalue weighted by atomic mass is 9.99. The molecule has 146 valence electrons. The molecule has 1 nitrogen and oxygen atoms in total. The summed E-state index contributed by atoms with van der Waals surface area (Å²) in [5.74, 6) is 0. The van der Waals surface area contributed by atoms with Gasteiger partial charge >= 0.3 is 0 Å². The van der Waals surface area contributed by atoms with Crippen molar-refractivity contribution in [3.05, 3.63) is 114 Å². The number of para-hydroxylation sites is 1. The van der Waals surface area contributed by atoms with Crippen LogP contribution in [0.2, 0.25) is 0 Å². The van der Waals surface area contributed by atoms with Crippen molar-refractivity contribution in [2.75, 3.05) is 0 Å². The van der Waals surface area contributed by atoms with Crippen molar-refractivity contribution < 1.29 is 0 Å². The lowest BCUT2D eigenvalue weighted by Crippen LogP contribution is -1.96. The Hall–Kier alpha value is -3.58. The van der Waals surface area contributed by atoms with Crippen LogP contribution in [0.3, 0.4) is 0 Å². The fraction of sp³-hybridized carbons (Fsp3) is 0.103. The Kier molecular flexibility index (Phi) is 4.52. The quantitative estimate of drug-likeness (QED) is 0.296. The van der Waals surface area contributed by atoms with Gasteiger partial charge in [-0.3, -0.25) is 0 Å². The van der Waals surface area contributed by atoms with E-state index < -0.39 is 0 Å². The molecule has 0 aliphatic heterocycles. The van der Waals surface area contributed by atoms with Crippen LogP contribution < -0.4 is 0 Å². The monoisotopic (exact) mass is 387 g/mol. The normalized spacial score (nSPS) is 11.2. The van der Waals surface area contributed by atoms with Gasteiger partial charge in [-0.1, -0.05) is 84.4 Å². The van der Waals surface area contributed by atoms with Gasteiger partial charge in [-0.2, -0.15) is 0 Å². The van der Waals surface area contributed by atoms with Gasteiger partial charge in [0, 0.05) is 16.8 Å². The van der Waals surface area contributed by atoms with Gasteiger partial charge in [-0.25, -0.2) is 0 Å². The van der Waals surface area contributed by atoms with E-state index in [0.717, 1.165) is 0 Å². The van der Waals surface area contributed by atoms with Gasteiger partial charge in [0.2, 0.25) is 0 Å². The number of nitrogens with zero attached hydrogens (tertiary/aromatic N) is 1. The van der Waals surface area contributed by atoms with Crippen LogP contribution in [-0.4, -0.2) is 4.57 Å². The number of benzene rings is 4. The summed E-state index contributed by atoms with van der Waals surface area (Å²) in [4.78, 5) is 0. The molecule has 0 saturated heterocycles. The predicted molar refractivity (Wildman–Crippen MR) is 128 cm³/mol. The lowest BCUT2D eigenvalue weighted by Gasteiger charge is -2.11. The van der Waals surface area contributed by atoms with E-state index in [-0.39, 0.29) is 0 Å². The van der Waals surface area contributed by atoms with Crippen LogP contribution in [0.15, 0.2) is 97.1 Å². The predicted octanol–water partition coefficient (Wildman–Crippen LogP) is 7.89. The molecule has 0 spiro atoms. The summed E-state index contributed by atoms with van der Waals surface area (Å²) in [7, 11) is 0. The first-order chi connectivity index (χ1) is 14.6. The minimum Gasteiger partial charge on any atom is -0.314 e. The summed E-state index contributed by atoms with van der Waals surface area (Å²) in [5, 5.41) is 1.32. The third-order valence-corrected chi connectivity index (χ3v) is 6.16. The first kappa shape index (κ1) is 18.4. The van der Waals surface area contributed by atoms with E-state index in [9.17, 15) is 0 Å². The summed E-state index contributed by atoms with van der Waals surface area (Å²) in [6, 6.07) is 35.1. The van der Waals surface area contributed by atoms with Crippen molar-refractivity contribution in [2.24, 2.45) is 0 Å². The van der Waals surface area contributed by atoms with Gasteiger partial charge in [-0.15, -0.1) is 0 Å². The molecule has 0 fully saturated rings. The maximum Gasteiger partial charge on any atom is 0.0534 e. The number of aromatic nitrogens is 1. The Bertz CT molecular complexity index is 1320. The lowest BCUT2D eigenvalue weighted by molar-refractivity contribution is 1.04. The number of hydrogen-bond acceptors (Lipinski definition) is 0. The summed E-state index contributed by atoms with van der Waals surface area (Å²) in [6.07, 6.45) is 0. The molecule has 0 aliphatic carbocycles. The molecule has 1 heteroatoms. The minimum absolute atomic E-state index is 1.21. The zero-order valence-electron chi connectivity index (χ0n) is 17.7. The Morgan fingerprint density at radius 1 is 0.500 bits per heavy atom. The summed E-state index contributed by atoms with van der Waals surface area (Å²) < 4.78 is 2.36. The van der Waals surface area contributed by atoms with Crippen LogP contribution in [0.4, 0.5) is 0 Å². The van der Waals surface area contributed by atoms with E-state index in [1.165, 1.54) is 55.7 Å². The van der Waals surface area contributed by atoms with E-state index in [0.29, 0.717) is 0 Å². The molecule has 0 N–H and O–H groups in total. The second kappa shape index (κ2) is 7.35. The van der Waals surface area contributed by atoms with E-state index in [1.54, 1.807) is 0 Å². The maximum atomic E-state index is 2.36. The smallest absolute Gasteiger partial charge is 0.0534 e. The van der Waals surface area contributed by atoms with Gasteiger partial charge in [0.25, 0.3) is 0 Å². The van der Waals surface area contributed by atoms with E-state index in [2.05, 4.69) is 122 Å². The fourth-order valence-electron chi connectivity index (χ4n) is 4.27. The summed E-state index contributed by atoms with van der Waals surface area (Å²) in [6.45, 7) is 6.53. The fourth-order valence-corrected chi connectivity index (χ4v) is 4.27. The Morgan fingerprint density at radius 3 is 1.53 bits per heavy atom. The van der Waals surface area contributed by atoms with Crippen molar-refractivity contribution in [3.63, 3.8) is 0 Å². The number of aryl methyl sites for hydroxylation is 2. The molecule has 0 saturated carbocycles. The van der Waals surface area contributed by atoms with E-state index in [4.69, 9.17) is 0 Å². The highest BCUT2D eigenvalue weighted by molar-refractivity contribution is 5.87. The molecule has 4 aromatic carbocycles. The van der Waals surface area contributed by atoms with Crippen LogP contribution in [0.5, 0.6) is 0 Å². The van der Waals surface area contributed by atoms with Crippen LogP contribution in [-0.2, 0) is 0 Å². The van der Waals surface area contributed by atoms with Crippen molar-refractivity contribution in [2.45, 2.75) is 20.8 Å². The van der Waals surface area contributed by atoms with Crippen LogP contribution in [0, 0.1) is 20.8 Å².